The Bertz CT molecular complexity index is 157. The van der Waals surface area contributed by atoms with E-state index in [2.05, 4.69) is 29.2 Å². The molecule has 1 aliphatic carbocycles. The van der Waals surface area contributed by atoms with E-state index in [9.17, 15) is 0 Å². The fourth-order valence-electron chi connectivity index (χ4n) is 2.70. The predicted octanol–water partition coefficient (Wildman–Crippen LogP) is -0.345. The highest BCUT2D eigenvalue weighted by atomic mass is 15.3. The van der Waals surface area contributed by atoms with Crippen LogP contribution in [-0.4, -0.2) is 56.7 Å². The van der Waals surface area contributed by atoms with E-state index in [1.807, 2.05) is 7.05 Å². The lowest BCUT2D eigenvalue weighted by molar-refractivity contribution is 0.241. The monoisotopic (exact) mass is 169 g/mol. The molecular weight excluding hydrogens is 150 g/mol. The lowest BCUT2D eigenvalue weighted by Gasteiger charge is -2.21. The van der Waals surface area contributed by atoms with Crippen LogP contribution in [-0.2, 0) is 0 Å². The van der Waals surface area contributed by atoms with Crippen molar-refractivity contribution < 1.29 is 0 Å². The summed E-state index contributed by atoms with van der Waals surface area (Å²) in [5.74, 6) is 1.93. The average molecular weight is 169 g/mol. The van der Waals surface area contributed by atoms with E-state index < -0.39 is 0 Å². The second kappa shape index (κ2) is 2.98. The van der Waals surface area contributed by atoms with Crippen LogP contribution in [0, 0.1) is 11.8 Å². The van der Waals surface area contributed by atoms with Gasteiger partial charge in [-0.1, -0.05) is 0 Å². The molecule has 1 N–H and O–H groups in total. The van der Waals surface area contributed by atoms with Crippen molar-refractivity contribution in [3.63, 3.8) is 0 Å². The van der Waals surface area contributed by atoms with Crippen LogP contribution in [0.4, 0.5) is 0 Å². The zero-order chi connectivity index (χ0) is 8.72. The molecule has 0 amide bonds. The summed E-state index contributed by atoms with van der Waals surface area (Å²) in [5.41, 5.74) is 0. The molecule has 3 heteroatoms. The highest BCUT2D eigenvalue weighted by molar-refractivity contribution is 5.09. The third-order valence-corrected chi connectivity index (χ3v) is 3.20. The highest BCUT2D eigenvalue weighted by Gasteiger charge is 2.56. The Morgan fingerprint density at radius 3 is 2.33 bits per heavy atom. The molecular formula is C9H19N3. The third-order valence-electron chi connectivity index (χ3n) is 3.20. The van der Waals surface area contributed by atoms with Crippen LogP contribution in [0.25, 0.3) is 0 Å². The Hall–Kier alpha value is -0.120. The number of rotatable bonds is 3. The number of fused-ring (bicyclic) bond motifs is 1. The zero-order valence-corrected chi connectivity index (χ0v) is 8.25. The maximum absolute atomic E-state index is 3.21. The maximum Gasteiger partial charge on any atom is 0.0478 e. The Kier molecular flexibility index (Phi) is 2.10. The molecule has 0 aromatic rings. The SMILES string of the molecule is CNCN1CC2C(C1)C2N(C)C. The second-order valence-electron chi connectivity index (χ2n) is 4.33. The van der Waals surface area contributed by atoms with Gasteiger partial charge in [0, 0.05) is 25.8 Å². The van der Waals surface area contributed by atoms with Gasteiger partial charge in [-0.15, -0.1) is 0 Å². The van der Waals surface area contributed by atoms with Crippen LogP contribution < -0.4 is 5.32 Å². The van der Waals surface area contributed by atoms with Crippen molar-refractivity contribution in [2.45, 2.75) is 6.04 Å². The molecule has 1 saturated carbocycles. The standard InChI is InChI=1S/C9H19N3/c1-10-6-12-4-7-8(5-12)9(7)11(2)3/h7-10H,4-6H2,1-3H3. The van der Waals surface area contributed by atoms with Gasteiger partial charge in [0.15, 0.2) is 0 Å². The minimum atomic E-state index is 0.887. The van der Waals surface area contributed by atoms with Gasteiger partial charge in [-0.2, -0.15) is 0 Å². The number of hydrogen-bond acceptors (Lipinski definition) is 3. The van der Waals surface area contributed by atoms with Crippen molar-refractivity contribution in [1.82, 2.24) is 15.1 Å². The molecule has 12 heavy (non-hydrogen) atoms. The molecule has 1 saturated heterocycles. The number of nitrogens with one attached hydrogen (secondary N) is 1. The van der Waals surface area contributed by atoms with E-state index in [0.717, 1.165) is 24.5 Å². The summed E-state index contributed by atoms with van der Waals surface area (Å²) in [4.78, 5) is 4.89. The quantitative estimate of drug-likeness (QED) is 0.623. The van der Waals surface area contributed by atoms with Gasteiger partial charge in [-0.3, -0.25) is 4.90 Å². The smallest absolute Gasteiger partial charge is 0.0478 e. The summed E-state index contributed by atoms with van der Waals surface area (Å²) in [7, 11) is 6.42. The van der Waals surface area contributed by atoms with Gasteiger partial charge in [0.25, 0.3) is 0 Å². The van der Waals surface area contributed by atoms with Gasteiger partial charge < -0.3 is 10.2 Å². The van der Waals surface area contributed by atoms with E-state index in [0.29, 0.717) is 0 Å². The molecule has 0 aromatic carbocycles. The first-order valence-electron chi connectivity index (χ1n) is 4.77. The summed E-state index contributed by atoms with van der Waals surface area (Å²) in [5, 5.41) is 3.21. The fraction of sp³-hybridized carbons (Fsp3) is 1.00. The molecule has 2 fully saturated rings. The molecule has 0 spiro atoms. The van der Waals surface area contributed by atoms with Crippen molar-refractivity contribution in [1.29, 1.82) is 0 Å². The minimum absolute atomic E-state index is 0.887. The van der Waals surface area contributed by atoms with Crippen molar-refractivity contribution in [2.75, 3.05) is 40.9 Å². The Morgan fingerprint density at radius 2 is 1.92 bits per heavy atom. The lowest BCUT2D eigenvalue weighted by atomic mass is 10.4. The van der Waals surface area contributed by atoms with Crippen molar-refractivity contribution in [3.05, 3.63) is 0 Å². The molecule has 1 aliphatic heterocycles. The van der Waals surface area contributed by atoms with Crippen LogP contribution in [0.15, 0.2) is 0 Å². The number of likely N-dealkylation sites (tertiary alicyclic amines) is 1. The number of hydrogen-bond donors (Lipinski definition) is 1. The zero-order valence-electron chi connectivity index (χ0n) is 8.25. The van der Waals surface area contributed by atoms with Crippen LogP contribution in [0.2, 0.25) is 0 Å². The summed E-state index contributed by atoms with van der Waals surface area (Å²) >= 11 is 0. The van der Waals surface area contributed by atoms with Gasteiger partial charge in [0.2, 0.25) is 0 Å². The molecule has 2 rings (SSSR count). The topological polar surface area (TPSA) is 18.5 Å². The molecule has 2 atom stereocenters. The summed E-state index contributed by atoms with van der Waals surface area (Å²) in [6.45, 7) is 3.66. The molecule has 0 bridgehead atoms. The largest absolute Gasteiger partial charge is 0.307 e. The van der Waals surface area contributed by atoms with Crippen molar-refractivity contribution in [2.24, 2.45) is 11.8 Å². The Labute approximate surface area is 74.7 Å². The fourth-order valence-corrected chi connectivity index (χ4v) is 2.70. The van der Waals surface area contributed by atoms with Gasteiger partial charge >= 0.3 is 0 Å². The predicted molar refractivity (Wildman–Crippen MR) is 50.0 cm³/mol. The first-order valence-corrected chi connectivity index (χ1v) is 4.77. The molecule has 1 heterocycles. The minimum Gasteiger partial charge on any atom is -0.307 e. The van der Waals surface area contributed by atoms with Crippen molar-refractivity contribution in [3.8, 4) is 0 Å². The van der Waals surface area contributed by atoms with Gasteiger partial charge in [-0.05, 0) is 33.0 Å². The van der Waals surface area contributed by atoms with Crippen LogP contribution in [0.5, 0.6) is 0 Å². The van der Waals surface area contributed by atoms with Crippen molar-refractivity contribution >= 4 is 0 Å². The molecule has 0 aromatic heterocycles. The normalized spacial score (nSPS) is 40.5. The van der Waals surface area contributed by atoms with E-state index >= 15 is 0 Å². The molecule has 3 nitrogen and oxygen atoms in total. The van der Waals surface area contributed by atoms with E-state index in [-0.39, 0.29) is 0 Å². The molecule has 70 valence electrons. The average Bonchev–Trinajstić information content (AvgIpc) is 2.51. The van der Waals surface area contributed by atoms with E-state index in [1.165, 1.54) is 13.1 Å². The highest BCUT2D eigenvalue weighted by Crippen LogP contribution is 2.47. The first-order chi connectivity index (χ1) is 5.74. The van der Waals surface area contributed by atoms with Crippen LogP contribution >= 0.6 is 0 Å². The lowest BCUT2D eigenvalue weighted by Crippen LogP contribution is -2.35. The van der Waals surface area contributed by atoms with Gasteiger partial charge in [0.05, 0.1) is 0 Å². The maximum atomic E-state index is 3.21. The number of piperidine rings is 1. The molecule has 0 radical (unpaired) electrons. The second-order valence-corrected chi connectivity index (χ2v) is 4.33. The summed E-state index contributed by atoms with van der Waals surface area (Å²) in [6.07, 6.45) is 0. The molecule has 2 unspecified atom stereocenters. The summed E-state index contributed by atoms with van der Waals surface area (Å²) in [6, 6.07) is 0.887. The van der Waals surface area contributed by atoms with Gasteiger partial charge in [-0.25, -0.2) is 0 Å². The molecule has 2 aliphatic rings. The Morgan fingerprint density at radius 1 is 1.33 bits per heavy atom. The van der Waals surface area contributed by atoms with Gasteiger partial charge in [0.1, 0.15) is 0 Å². The van der Waals surface area contributed by atoms with E-state index in [1.54, 1.807) is 0 Å². The first kappa shape index (κ1) is 8.48. The van der Waals surface area contributed by atoms with Crippen LogP contribution in [0.3, 0.4) is 0 Å². The summed E-state index contributed by atoms with van der Waals surface area (Å²) < 4.78 is 0. The van der Waals surface area contributed by atoms with Crippen LogP contribution in [0.1, 0.15) is 0 Å². The third kappa shape index (κ3) is 1.26. The number of nitrogens with zero attached hydrogens (tertiary/aromatic N) is 2. The van der Waals surface area contributed by atoms with E-state index in [4.69, 9.17) is 0 Å². The Balaban J connectivity index is 1.78.